The molecule has 0 spiro atoms. The van der Waals surface area contributed by atoms with Gasteiger partial charge in [-0.3, -0.25) is 9.69 Å². The number of nitrogens with zero attached hydrogens (tertiary/aromatic N) is 1. The lowest BCUT2D eigenvalue weighted by molar-refractivity contribution is -0.151. The second-order valence-corrected chi connectivity index (χ2v) is 7.67. The maximum atomic E-state index is 11.9. The van der Waals surface area contributed by atoms with Crippen LogP contribution in [0, 0.1) is 0 Å². The Morgan fingerprint density at radius 2 is 1.28 bits per heavy atom. The Hall–Kier alpha value is -0.670. The average molecular weight is 354 g/mol. The number of rotatable bonds is 17. The molecule has 0 aliphatic heterocycles. The Labute approximate surface area is 156 Å². The van der Waals surface area contributed by atoms with E-state index < -0.39 is 5.72 Å². The van der Waals surface area contributed by atoms with Gasteiger partial charge < -0.3 is 5.11 Å². The van der Waals surface area contributed by atoms with Gasteiger partial charge in [0.1, 0.15) is 0 Å². The van der Waals surface area contributed by atoms with E-state index in [0.29, 0.717) is 6.42 Å². The van der Waals surface area contributed by atoms with Crippen molar-refractivity contribution < 1.29 is 9.90 Å². The topological polar surface area (TPSA) is 40.5 Å². The van der Waals surface area contributed by atoms with E-state index in [2.05, 4.69) is 19.1 Å². The summed E-state index contributed by atoms with van der Waals surface area (Å²) in [7, 11) is 3.47. The lowest BCUT2D eigenvalue weighted by Gasteiger charge is -2.29. The minimum absolute atomic E-state index is 0.0740. The molecule has 25 heavy (non-hydrogen) atoms. The molecule has 1 atom stereocenters. The molecule has 0 aromatic heterocycles. The van der Waals surface area contributed by atoms with Crippen molar-refractivity contribution in [2.45, 2.75) is 109 Å². The molecular weight excluding hydrogens is 310 g/mol. The summed E-state index contributed by atoms with van der Waals surface area (Å²) in [4.78, 5) is 13.5. The first-order valence-corrected chi connectivity index (χ1v) is 10.5. The Balaban J connectivity index is 3.39. The summed E-state index contributed by atoms with van der Waals surface area (Å²) < 4.78 is 0. The van der Waals surface area contributed by atoms with Gasteiger partial charge in [-0.1, -0.05) is 70.4 Å². The van der Waals surface area contributed by atoms with Crippen LogP contribution in [0.3, 0.4) is 0 Å². The zero-order valence-corrected chi connectivity index (χ0v) is 17.4. The van der Waals surface area contributed by atoms with Crippen LogP contribution < -0.4 is 0 Å². The highest BCUT2D eigenvalue weighted by molar-refractivity contribution is 5.86. The zero-order chi connectivity index (χ0) is 19.0. The molecule has 0 amide bonds. The largest absolute Gasteiger partial charge is 0.369 e. The molecule has 0 heterocycles. The van der Waals surface area contributed by atoms with E-state index in [1.807, 2.05) is 0 Å². The van der Waals surface area contributed by atoms with Crippen molar-refractivity contribution in [1.29, 1.82) is 0 Å². The van der Waals surface area contributed by atoms with Gasteiger partial charge in [0.25, 0.3) is 0 Å². The molecule has 0 rings (SSSR count). The smallest absolute Gasteiger partial charge is 0.179 e. The van der Waals surface area contributed by atoms with Crippen molar-refractivity contribution in [3.8, 4) is 0 Å². The van der Waals surface area contributed by atoms with Crippen molar-refractivity contribution in [2.75, 3.05) is 14.1 Å². The van der Waals surface area contributed by atoms with E-state index in [9.17, 15) is 9.90 Å². The number of aliphatic hydroxyl groups is 1. The number of ketones is 1. The van der Waals surface area contributed by atoms with Gasteiger partial charge in [-0.05, 0) is 53.1 Å². The Morgan fingerprint density at radius 1 is 0.840 bits per heavy atom. The van der Waals surface area contributed by atoms with E-state index in [4.69, 9.17) is 0 Å². The van der Waals surface area contributed by atoms with E-state index >= 15 is 0 Å². The lowest BCUT2D eigenvalue weighted by Crippen LogP contribution is -2.48. The van der Waals surface area contributed by atoms with Crippen LogP contribution in [0.25, 0.3) is 0 Å². The number of carbonyl (C=O) groups is 1. The number of Topliss-reactive ketones (excluding diaryl/α,β-unsaturated/α-hetero) is 1. The number of allylic oxidation sites excluding steroid dienone is 2. The molecule has 148 valence electrons. The molecule has 0 fully saturated rings. The molecular formula is C22H43NO2. The average Bonchev–Trinajstić information content (AvgIpc) is 2.57. The summed E-state index contributed by atoms with van der Waals surface area (Å²) in [5, 5.41) is 10.0. The van der Waals surface area contributed by atoms with Gasteiger partial charge in [0, 0.05) is 6.42 Å². The Bertz CT molecular complexity index is 348. The van der Waals surface area contributed by atoms with E-state index in [0.717, 1.165) is 12.8 Å². The Morgan fingerprint density at radius 3 is 1.76 bits per heavy atom. The van der Waals surface area contributed by atoms with Gasteiger partial charge in [-0.2, -0.15) is 0 Å². The summed E-state index contributed by atoms with van der Waals surface area (Å²) in [5.74, 6) is -0.0740. The van der Waals surface area contributed by atoms with Crippen LogP contribution in [-0.2, 0) is 4.79 Å². The van der Waals surface area contributed by atoms with E-state index in [1.165, 1.54) is 70.6 Å². The molecule has 0 saturated heterocycles. The van der Waals surface area contributed by atoms with Crippen LogP contribution in [-0.4, -0.2) is 35.6 Å². The van der Waals surface area contributed by atoms with E-state index in [-0.39, 0.29) is 5.78 Å². The highest BCUT2D eigenvalue weighted by atomic mass is 16.3. The molecule has 0 aliphatic rings. The number of hydrogen-bond donors (Lipinski definition) is 1. The van der Waals surface area contributed by atoms with Crippen molar-refractivity contribution >= 4 is 5.78 Å². The lowest BCUT2D eigenvalue weighted by atomic mass is 10.0. The highest BCUT2D eigenvalue weighted by Gasteiger charge is 2.31. The maximum Gasteiger partial charge on any atom is 0.179 e. The minimum atomic E-state index is -1.32. The molecule has 3 nitrogen and oxygen atoms in total. The van der Waals surface area contributed by atoms with Crippen LogP contribution in [0.4, 0.5) is 0 Å². The molecule has 3 heteroatoms. The summed E-state index contributed by atoms with van der Waals surface area (Å²) in [5.41, 5.74) is -1.32. The van der Waals surface area contributed by atoms with Gasteiger partial charge in [-0.25, -0.2) is 0 Å². The standard InChI is InChI=1S/C22H43NO2/c1-5-6-7-8-9-10-11-12-13-14-15-16-17-18-19-20-21(24)22(2,25)23(3)4/h12-13,25H,5-11,14-20H2,1-4H3. The van der Waals surface area contributed by atoms with Crippen LogP contribution in [0.2, 0.25) is 0 Å². The van der Waals surface area contributed by atoms with Gasteiger partial charge in [0.2, 0.25) is 0 Å². The quantitative estimate of drug-likeness (QED) is 0.202. The second-order valence-electron chi connectivity index (χ2n) is 7.67. The van der Waals surface area contributed by atoms with Gasteiger partial charge in [0.15, 0.2) is 11.5 Å². The van der Waals surface area contributed by atoms with E-state index in [1.54, 1.807) is 25.9 Å². The molecule has 0 saturated carbocycles. The van der Waals surface area contributed by atoms with Gasteiger partial charge in [-0.15, -0.1) is 0 Å². The fourth-order valence-electron chi connectivity index (χ4n) is 2.84. The fraction of sp³-hybridized carbons (Fsp3) is 0.864. The van der Waals surface area contributed by atoms with Gasteiger partial charge >= 0.3 is 0 Å². The van der Waals surface area contributed by atoms with Crippen molar-refractivity contribution in [2.24, 2.45) is 0 Å². The number of likely N-dealkylation sites (N-methyl/N-ethyl adjacent to an activating group) is 1. The molecule has 0 aromatic carbocycles. The predicted octanol–water partition coefficient (Wildman–Crippen LogP) is 5.86. The number of carbonyl (C=O) groups excluding carboxylic acids is 1. The summed E-state index contributed by atoms with van der Waals surface area (Å²) in [6.45, 7) is 3.84. The third-order valence-corrected chi connectivity index (χ3v) is 5.06. The number of unbranched alkanes of at least 4 members (excludes halogenated alkanes) is 11. The summed E-state index contributed by atoms with van der Waals surface area (Å²) in [6.07, 6.45) is 21.4. The zero-order valence-electron chi connectivity index (χ0n) is 17.4. The molecule has 0 radical (unpaired) electrons. The van der Waals surface area contributed by atoms with Gasteiger partial charge in [0.05, 0.1) is 0 Å². The van der Waals surface area contributed by atoms with Crippen molar-refractivity contribution in [3.05, 3.63) is 12.2 Å². The molecule has 0 bridgehead atoms. The fourth-order valence-corrected chi connectivity index (χ4v) is 2.84. The third-order valence-electron chi connectivity index (χ3n) is 5.06. The molecule has 1 unspecified atom stereocenters. The Kier molecular flexibility index (Phi) is 15.2. The molecule has 0 aromatic rings. The molecule has 0 aliphatic carbocycles. The van der Waals surface area contributed by atoms with Crippen molar-refractivity contribution in [3.63, 3.8) is 0 Å². The van der Waals surface area contributed by atoms with Crippen molar-refractivity contribution in [1.82, 2.24) is 4.90 Å². The first kappa shape index (κ1) is 24.3. The minimum Gasteiger partial charge on any atom is -0.369 e. The first-order chi connectivity index (χ1) is 11.9. The third kappa shape index (κ3) is 13.2. The summed E-state index contributed by atoms with van der Waals surface area (Å²) in [6, 6.07) is 0. The predicted molar refractivity (Wildman–Crippen MR) is 109 cm³/mol. The molecule has 1 N–H and O–H groups in total. The SMILES string of the molecule is CCCCCCCCC=CCCCCCCCC(=O)C(C)(O)N(C)C. The van der Waals surface area contributed by atoms with Crippen LogP contribution in [0.5, 0.6) is 0 Å². The second kappa shape index (κ2) is 15.6. The maximum absolute atomic E-state index is 11.9. The first-order valence-electron chi connectivity index (χ1n) is 10.5. The van der Waals surface area contributed by atoms with Crippen LogP contribution >= 0.6 is 0 Å². The monoisotopic (exact) mass is 353 g/mol. The van der Waals surface area contributed by atoms with Crippen LogP contribution in [0.1, 0.15) is 104 Å². The highest BCUT2D eigenvalue weighted by Crippen LogP contribution is 2.15. The number of hydrogen-bond acceptors (Lipinski definition) is 3. The van der Waals surface area contributed by atoms with Crippen LogP contribution in [0.15, 0.2) is 12.2 Å². The normalized spacial score (nSPS) is 14.3. The summed E-state index contributed by atoms with van der Waals surface area (Å²) >= 11 is 0.